The van der Waals surface area contributed by atoms with E-state index in [9.17, 15) is 4.79 Å². The maximum absolute atomic E-state index is 12.0. The molecule has 2 aliphatic rings. The third kappa shape index (κ3) is 3.98. The first-order valence-electron chi connectivity index (χ1n) is 8.56. The van der Waals surface area contributed by atoms with Crippen LogP contribution in [0.4, 0.5) is 0 Å². The van der Waals surface area contributed by atoms with E-state index in [0.29, 0.717) is 17.5 Å². The highest BCUT2D eigenvalue weighted by atomic mass is 16.1. The molecule has 1 heterocycles. The Kier molecular flexibility index (Phi) is 4.99. The van der Waals surface area contributed by atoms with Crippen molar-refractivity contribution in [1.29, 1.82) is 0 Å². The fourth-order valence-electron chi connectivity index (χ4n) is 4.12. The van der Waals surface area contributed by atoms with Crippen LogP contribution < -0.4 is 11.1 Å². The Labute approximate surface area is 129 Å². The molecule has 21 heavy (non-hydrogen) atoms. The van der Waals surface area contributed by atoms with Gasteiger partial charge in [0, 0.05) is 12.1 Å². The minimum Gasteiger partial charge on any atom is -0.368 e. The van der Waals surface area contributed by atoms with Crippen LogP contribution >= 0.6 is 0 Å². The fraction of sp³-hybridized carbons (Fsp3) is 0.941. The SMILES string of the molecule is CC(C)NC1(C(N)=O)CCC(N2CCCC(C)(C)CC2)C1. The van der Waals surface area contributed by atoms with Crippen LogP contribution in [0.1, 0.15) is 66.2 Å². The second-order valence-corrected chi connectivity index (χ2v) is 8.20. The average Bonchev–Trinajstić information content (AvgIpc) is 2.69. The van der Waals surface area contributed by atoms with E-state index in [0.717, 1.165) is 25.8 Å². The van der Waals surface area contributed by atoms with Crippen LogP contribution in [0.25, 0.3) is 0 Å². The first-order valence-corrected chi connectivity index (χ1v) is 8.56. The fourth-order valence-corrected chi connectivity index (χ4v) is 4.12. The third-order valence-electron chi connectivity index (χ3n) is 5.42. The first-order chi connectivity index (χ1) is 9.74. The maximum atomic E-state index is 12.0. The molecule has 3 N–H and O–H groups in total. The van der Waals surface area contributed by atoms with Gasteiger partial charge in [-0.15, -0.1) is 0 Å². The zero-order chi connectivity index (χ0) is 15.7. The molecule has 0 radical (unpaired) electrons. The number of primary amides is 1. The van der Waals surface area contributed by atoms with E-state index < -0.39 is 5.54 Å². The van der Waals surface area contributed by atoms with Crippen molar-refractivity contribution in [2.75, 3.05) is 13.1 Å². The number of nitrogens with two attached hydrogens (primary N) is 1. The Morgan fingerprint density at radius 2 is 1.95 bits per heavy atom. The molecule has 0 aromatic carbocycles. The lowest BCUT2D eigenvalue weighted by Gasteiger charge is -2.32. The predicted octanol–water partition coefficient (Wildman–Crippen LogP) is 2.27. The molecule has 1 saturated carbocycles. The van der Waals surface area contributed by atoms with Crippen molar-refractivity contribution < 1.29 is 4.79 Å². The van der Waals surface area contributed by atoms with E-state index in [-0.39, 0.29) is 5.91 Å². The molecule has 1 aliphatic carbocycles. The van der Waals surface area contributed by atoms with Gasteiger partial charge in [0.15, 0.2) is 0 Å². The van der Waals surface area contributed by atoms with Gasteiger partial charge in [-0.3, -0.25) is 4.79 Å². The number of rotatable bonds is 4. The van der Waals surface area contributed by atoms with E-state index in [1.807, 2.05) is 0 Å². The summed E-state index contributed by atoms with van der Waals surface area (Å²) >= 11 is 0. The Bertz CT molecular complexity index is 380. The van der Waals surface area contributed by atoms with Crippen molar-refractivity contribution in [1.82, 2.24) is 10.2 Å². The molecular formula is C17H33N3O. The first kappa shape index (κ1) is 16.8. The monoisotopic (exact) mass is 295 g/mol. The van der Waals surface area contributed by atoms with Crippen LogP contribution in [0.3, 0.4) is 0 Å². The molecule has 0 aromatic heterocycles. The number of carbonyl (C=O) groups excluding carboxylic acids is 1. The molecule has 2 rings (SSSR count). The number of likely N-dealkylation sites (tertiary alicyclic amines) is 1. The van der Waals surface area contributed by atoms with Gasteiger partial charge in [-0.05, 0) is 70.9 Å². The van der Waals surface area contributed by atoms with Crippen LogP contribution in [0.15, 0.2) is 0 Å². The minimum absolute atomic E-state index is 0.172. The van der Waals surface area contributed by atoms with Gasteiger partial charge < -0.3 is 16.0 Å². The summed E-state index contributed by atoms with van der Waals surface area (Å²) in [4.78, 5) is 14.6. The van der Waals surface area contributed by atoms with Crippen LogP contribution in [-0.4, -0.2) is 41.5 Å². The standard InChI is InChI=1S/C17H33N3O/c1-13(2)19-17(15(18)21)8-6-14(12-17)20-10-5-7-16(3,4)9-11-20/h13-14,19H,5-12H2,1-4H3,(H2,18,21). The topological polar surface area (TPSA) is 58.4 Å². The van der Waals surface area contributed by atoms with E-state index in [1.165, 1.54) is 25.8 Å². The second-order valence-electron chi connectivity index (χ2n) is 8.20. The highest BCUT2D eigenvalue weighted by Crippen LogP contribution is 2.37. The van der Waals surface area contributed by atoms with Gasteiger partial charge >= 0.3 is 0 Å². The lowest BCUT2D eigenvalue weighted by molar-refractivity contribution is -0.124. The summed E-state index contributed by atoms with van der Waals surface area (Å²) in [5.41, 5.74) is 5.70. The third-order valence-corrected chi connectivity index (χ3v) is 5.42. The summed E-state index contributed by atoms with van der Waals surface area (Å²) in [6.45, 7) is 11.3. The van der Waals surface area contributed by atoms with Gasteiger partial charge in [0.05, 0.1) is 5.54 Å². The Morgan fingerprint density at radius 1 is 1.24 bits per heavy atom. The predicted molar refractivity (Wildman–Crippen MR) is 87.0 cm³/mol. The molecule has 4 heteroatoms. The van der Waals surface area contributed by atoms with E-state index in [2.05, 4.69) is 37.9 Å². The molecule has 2 fully saturated rings. The minimum atomic E-state index is -0.485. The molecule has 1 aliphatic heterocycles. The Hall–Kier alpha value is -0.610. The number of hydrogen-bond acceptors (Lipinski definition) is 3. The van der Waals surface area contributed by atoms with E-state index >= 15 is 0 Å². The summed E-state index contributed by atoms with van der Waals surface area (Å²) in [5, 5.41) is 3.45. The largest absolute Gasteiger partial charge is 0.368 e. The molecule has 122 valence electrons. The molecule has 1 amide bonds. The molecule has 2 atom stereocenters. The zero-order valence-corrected chi connectivity index (χ0v) is 14.2. The second kappa shape index (κ2) is 6.25. The number of carbonyl (C=O) groups is 1. The van der Waals surface area contributed by atoms with Gasteiger partial charge in [0.1, 0.15) is 0 Å². The van der Waals surface area contributed by atoms with Crippen molar-refractivity contribution >= 4 is 5.91 Å². The zero-order valence-electron chi connectivity index (χ0n) is 14.2. The summed E-state index contributed by atoms with van der Waals surface area (Å²) in [5.74, 6) is -0.172. The number of amides is 1. The summed E-state index contributed by atoms with van der Waals surface area (Å²) in [6.07, 6.45) is 6.67. The van der Waals surface area contributed by atoms with Crippen molar-refractivity contribution in [2.45, 2.75) is 83.8 Å². The molecule has 2 unspecified atom stereocenters. The van der Waals surface area contributed by atoms with Crippen LogP contribution in [0, 0.1) is 5.41 Å². The van der Waals surface area contributed by atoms with Gasteiger partial charge in [-0.25, -0.2) is 0 Å². The number of nitrogens with one attached hydrogen (secondary N) is 1. The van der Waals surface area contributed by atoms with Crippen molar-refractivity contribution in [3.05, 3.63) is 0 Å². The van der Waals surface area contributed by atoms with Gasteiger partial charge in [0.25, 0.3) is 0 Å². The lowest BCUT2D eigenvalue weighted by Crippen LogP contribution is -2.56. The highest BCUT2D eigenvalue weighted by Gasteiger charge is 2.46. The molecule has 1 saturated heterocycles. The van der Waals surface area contributed by atoms with Crippen molar-refractivity contribution in [3.8, 4) is 0 Å². The molecule has 4 nitrogen and oxygen atoms in total. The highest BCUT2D eigenvalue weighted by molar-refractivity contribution is 5.85. The Morgan fingerprint density at radius 3 is 2.57 bits per heavy atom. The van der Waals surface area contributed by atoms with E-state index in [4.69, 9.17) is 5.73 Å². The quantitative estimate of drug-likeness (QED) is 0.836. The van der Waals surface area contributed by atoms with Crippen LogP contribution in [0.2, 0.25) is 0 Å². The van der Waals surface area contributed by atoms with E-state index in [1.54, 1.807) is 0 Å². The van der Waals surface area contributed by atoms with Gasteiger partial charge in [-0.1, -0.05) is 13.8 Å². The Balaban J connectivity index is 2.02. The lowest BCUT2D eigenvalue weighted by atomic mass is 9.85. The van der Waals surface area contributed by atoms with Crippen LogP contribution in [0.5, 0.6) is 0 Å². The smallest absolute Gasteiger partial charge is 0.237 e. The molecule has 0 spiro atoms. The van der Waals surface area contributed by atoms with Crippen molar-refractivity contribution in [3.63, 3.8) is 0 Å². The summed E-state index contributed by atoms with van der Waals surface area (Å²) in [7, 11) is 0. The van der Waals surface area contributed by atoms with Crippen LogP contribution in [-0.2, 0) is 4.79 Å². The molecule has 0 aromatic rings. The maximum Gasteiger partial charge on any atom is 0.237 e. The summed E-state index contributed by atoms with van der Waals surface area (Å²) < 4.78 is 0. The molecule has 0 bridgehead atoms. The number of nitrogens with zero attached hydrogens (tertiary/aromatic N) is 1. The van der Waals surface area contributed by atoms with Gasteiger partial charge in [-0.2, -0.15) is 0 Å². The number of hydrogen-bond donors (Lipinski definition) is 2. The van der Waals surface area contributed by atoms with Gasteiger partial charge in [0.2, 0.25) is 5.91 Å². The average molecular weight is 295 g/mol. The molecular weight excluding hydrogens is 262 g/mol. The normalized spacial score (nSPS) is 34.0. The summed E-state index contributed by atoms with van der Waals surface area (Å²) in [6, 6.07) is 0.803. The van der Waals surface area contributed by atoms with Crippen molar-refractivity contribution in [2.24, 2.45) is 11.1 Å².